The Morgan fingerprint density at radius 2 is 0.973 bits per heavy atom. The van der Waals surface area contributed by atoms with Crippen LogP contribution in [0.2, 0.25) is 0 Å². The predicted octanol–water partition coefficient (Wildman–Crippen LogP) is 9.60. The van der Waals surface area contributed by atoms with Crippen LogP contribution in [0.4, 0.5) is 10.5 Å². The van der Waals surface area contributed by atoms with Crippen molar-refractivity contribution in [3.05, 3.63) is 181 Å². The molecule has 0 amide bonds. The third-order valence-corrected chi connectivity index (χ3v) is 16.4. The second-order valence-corrected chi connectivity index (χ2v) is 22.9. The fraction of sp³-hybridized carbons (Fsp3) is 0.240. The Hall–Kier alpha value is -7.54. The lowest BCUT2D eigenvalue weighted by atomic mass is 10.2. The standard InChI is InChI=1S/C22H20O8S2.C16H16O3S2.C12H9NO8/c1-14-20(30-22(24)27-14)10-11-21(23)29-17-4-2-15(3-5-17)28-16-6-8-19(9-7-16)32(25,26)13-18-12-31-18;1-12-2-4-13(5-3-12)19-14-6-8-16(9-7-14)21(17,18)11-15-10-20-15;1-7-10(21-12(15)19-7)6-18-11(14)20-9-4-2-8(3-5-9)13(16)17/h2-9,18H,10-13H2,1H3;2-9,15H,10-11H2,1H3;2-5H,6H2,1H3. The van der Waals surface area contributed by atoms with Crippen molar-refractivity contribution in [1.29, 1.82) is 0 Å². The van der Waals surface area contributed by atoms with E-state index in [9.17, 15) is 46.1 Å². The van der Waals surface area contributed by atoms with E-state index in [0.29, 0.717) is 39.4 Å². The maximum absolute atomic E-state index is 12.3. The molecule has 2 aliphatic heterocycles. The SMILES string of the molecule is Cc1ccc(Oc2ccc(S(=O)(=O)CC3CS3)cc2)cc1.Cc1oc(=O)oc1CCC(=O)Oc1ccc(Oc2ccc(S(=O)(=O)CC3CS3)cc2)cc1.Cc1oc(=O)oc1COC(=O)Oc1ccc([N+](=O)[O-])cc1. The molecule has 0 N–H and O–H groups in total. The second-order valence-electron chi connectivity index (χ2n) is 16.1. The minimum atomic E-state index is -3.28. The van der Waals surface area contributed by atoms with Gasteiger partial charge in [-0.25, -0.2) is 31.2 Å². The number of carbonyl (C=O) groups is 2. The lowest BCUT2D eigenvalue weighted by Crippen LogP contribution is -2.10. The highest BCUT2D eigenvalue weighted by molar-refractivity contribution is 8.08. The van der Waals surface area contributed by atoms with Gasteiger partial charge in [0.05, 0.1) is 32.6 Å². The zero-order chi connectivity index (χ0) is 53.0. The van der Waals surface area contributed by atoms with Crippen molar-refractivity contribution < 1.29 is 72.7 Å². The van der Waals surface area contributed by atoms with Crippen LogP contribution in [-0.4, -0.2) is 67.4 Å². The van der Waals surface area contributed by atoms with E-state index >= 15 is 0 Å². The summed E-state index contributed by atoms with van der Waals surface area (Å²) in [6, 6.07) is 32.0. The quantitative estimate of drug-likeness (QED) is 0.0193. The van der Waals surface area contributed by atoms with E-state index in [1.807, 2.05) is 31.2 Å². The van der Waals surface area contributed by atoms with Gasteiger partial charge in [-0.3, -0.25) is 14.9 Å². The molecule has 2 aliphatic rings. The number of rotatable bonds is 18. The van der Waals surface area contributed by atoms with Crippen molar-refractivity contribution in [2.75, 3.05) is 23.0 Å². The van der Waals surface area contributed by atoms with Gasteiger partial charge in [0.1, 0.15) is 46.0 Å². The Morgan fingerprint density at radius 3 is 1.39 bits per heavy atom. The van der Waals surface area contributed by atoms with Crippen molar-refractivity contribution in [3.63, 3.8) is 0 Å². The maximum atomic E-state index is 12.3. The summed E-state index contributed by atoms with van der Waals surface area (Å²) < 4.78 is 93.9. The number of carbonyl (C=O) groups excluding carboxylic acids is 2. The lowest BCUT2D eigenvalue weighted by Gasteiger charge is -2.09. The van der Waals surface area contributed by atoms with Gasteiger partial charge in [-0.15, -0.1) is 0 Å². The predicted molar refractivity (Wildman–Crippen MR) is 269 cm³/mol. The van der Waals surface area contributed by atoms with Gasteiger partial charge in [0.2, 0.25) is 0 Å². The molecule has 2 unspecified atom stereocenters. The normalized spacial score (nSPS) is 14.5. The minimum Gasteiger partial charge on any atom is -0.457 e. The summed E-state index contributed by atoms with van der Waals surface area (Å²) in [5.74, 6) is 3.80. The molecular formula is C50H45NO19S4. The second kappa shape index (κ2) is 24.5. The fourth-order valence-electron chi connectivity index (χ4n) is 6.29. The summed E-state index contributed by atoms with van der Waals surface area (Å²) in [5, 5.41) is 10.9. The molecular weight excluding hydrogens is 1050 g/mol. The first-order valence-electron chi connectivity index (χ1n) is 22.2. The highest BCUT2D eigenvalue weighted by Crippen LogP contribution is 2.35. The first kappa shape index (κ1) is 54.2. The molecule has 2 aromatic heterocycles. The first-order valence-corrected chi connectivity index (χ1v) is 27.6. The van der Waals surface area contributed by atoms with Gasteiger partial charge in [0.25, 0.3) is 5.69 Å². The molecule has 5 aromatic carbocycles. The summed E-state index contributed by atoms with van der Waals surface area (Å²) in [5.41, 5.74) is 1.04. The molecule has 7 aromatic rings. The van der Waals surface area contributed by atoms with Gasteiger partial charge in [0.15, 0.2) is 37.8 Å². The summed E-state index contributed by atoms with van der Waals surface area (Å²) in [7, 11) is -6.45. The van der Waals surface area contributed by atoms with E-state index < -0.39 is 48.4 Å². The molecule has 0 bridgehead atoms. The van der Waals surface area contributed by atoms with Crippen LogP contribution in [0.1, 0.15) is 35.0 Å². The lowest BCUT2D eigenvalue weighted by molar-refractivity contribution is -0.384. The summed E-state index contributed by atoms with van der Waals surface area (Å²) >= 11 is 3.34. The molecule has 388 valence electrons. The van der Waals surface area contributed by atoms with Crippen LogP contribution in [0, 0.1) is 30.9 Å². The topological polar surface area (TPSA) is 278 Å². The maximum Gasteiger partial charge on any atom is 0.519 e. The third kappa shape index (κ3) is 16.8. The van der Waals surface area contributed by atoms with Gasteiger partial charge in [-0.05, 0) is 118 Å². The van der Waals surface area contributed by atoms with Crippen LogP contribution in [0.3, 0.4) is 0 Å². The van der Waals surface area contributed by atoms with Gasteiger partial charge < -0.3 is 41.4 Å². The number of nitrogens with zero attached hydrogens (tertiary/aromatic N) is 1. The largest absolute Gasteiger partial charge is 0.519 e. The average molecular weight is 1090 g/mol. The Kier molecular flexibility index (Phi) is 17.9. The summed E-state index contributed by atoms with van der Waals surface area (Å²) in [4.78, 5) is 55.7. The molecule has 4 heterocycles. The molecule has 20 nitrogen and oxygen atoms in total. The summed E-state index contributed by atoms with van der Waals surface area (Å²) in [6.45, 7) is 4.75. The van der Waals surface area contributed by atoms with Gasteiger partial charge in [0, 0.05) is 40.6 Å². The number of benzene rings is 5. The van der Waals surface area contributed by atoms with Crippen molar-refractivity contribution in [3.8, 4) is 34.5 Å². The Morgan fingerprint density at radius 1 is 0.581 bits per heavy atom. The minimum absolute atomic E-state index is 0.0241. The van der Waals surface area contributed by atoms with Crippen LogP contribution < -0.4 is 30.6 Å². The van der Waals surface area contributed by atoms with Crippen LogP contribution in [0.15, 0.2) is 158 Å². The zero-order valence-electron chi connectivity index (χ0n) is 39.5. The number of aryl methyl sites for hydroxylation is 4. The number of ether oxygens (including phenoxy) is 5. The van der Waals surface area contributed by atoms with Crippen LogP contribution in [-0.2, 0) is 42.2 Å². The molecule has 2 atom stereocenters. The van der Waals surface area contributed by atoms with Gasteiger partial charge in [-0.1, -0.05) is 17.7 Å². The molecule has 74 heavy (non-hydrogen) atoms. The van der Waals surface area contributed by atoms with E-state index in [1.54, 1.807) is 91.1 Å². The average Bonchev–Trinajstić information content (AvgIpc) is 4.30. The van der Waals surface area contributed by atoms with E-state index in [0.717, 1.165) is 17.3 Å². The number of nitro groups is 1. The molecule has 2 fully saturated rings. The third-order valence-electron chi connectivity index (χ3n) is 10.3. The Labute approximate surface area is 430 Å². The first-order chi connectivity index (χ1) is 35.3. The molecule has 0 radical (unpaired) electrons. The number of hydrogen-bond donors (Lipinski definition) is 0. The van der Waals surface area contributed by atoms with Crippen molar-refractivity contribution in [2.45, 2.75) is 60.5 Å². The van der Waals surface area contributed by atoms with Gasteiger partial charge >= 0.3 is 23.8 Å². The molecule has 2 saturated heterocycles. The number of non-ortho nitro benzene ring substituents is 1. The molecule has 0 aliphatic carbocycles. The van der Waals surface area contributed by atoms with Crippen LogP contribution in [0.25, 0.3) is 0 Å². The fourth-order valence-corrected chi connectivity index (χ4v) is 11.6. The number of nitro benzene ring substituents is 1. The number of sulfone groups is 2. The zero-order valence-corrected chi connectivity index (χ0v) is 42.8. The number of esters is 1. The van der Waals surface area contributed by atoms with Crippen LogP contribution in [0.5, 0.6) is 34.5 Å². The number of hydrogen-bond acceptors (Lipinski definition) is 21. The van der Waals surface area contributed by atoms with Crippen molar-refractivity contribution >= 4 is 61.0 Å². The molecule has 9 rings (SSSR count). The van der Waals surface area contributed by atoms with Crippen molar-refractivity contribution in [1.82, 2.24) is 0 Å². The highest BCUT2D eigenvalue weighted by atomic mass is 32.2. The van der Waals surface area contributed by atoms with Crippen molar-refractivity contribution in [2.24, 2.45) is 0 Å². The smallest absolute Gasteiger partial charge is 0.457 e. The highest BCUT2D eigenvalue weighted by Gasteiger charge is 2.31. The van der Waals surface area contributed by atoms with E-state index in [1.165, 1.54) is 48.9 Å². The Balaban J connectivity index is 0.000000168. The van der Waals surface area contributed by atoms with Crippen LogP contribution >= 0.6 is 23.5 Å². The molecule has 0 saturated carbocycles. The van der Waals surface area contributed by atoms with E-state index in [2.05, 4.69) is 8.83 Å². The molecule has 24 heteroatoms. The van der Waals surface area contributed by atoms with E-state index in [4.69, 9.17) is 32.5 Å². The van der Waals surface area contributed by atoms with E-state index in [-0.39, 0.29) is 69.3 Å². The monoisotopic (exact) mass is 1090 g/mol. The summed E-state index contributed by atoms with van der Waals surface area (Å²) in [6.07, 6.45) is -0.828. The van der Waals surface area contributed by atoms with Gasteiger partial charge in [-0.2, -0.15) is 23.5 Å². The number of thioether (sulfide) groups is 2. The molecule has 0 spiro atoms. The Bertz CT molecular complexity index is 3390.